The van der Waals surface area contributed by atoms with Crippen LogP contribution in [0.5, 0.6) is 5.75 Å². The summed E-state index contributed by atoms with van der Waals surface area (Å²) in [6.45, 7) is 2.04. The largest absolute Gasteiger partial charge is 0.497 e. The number of nitrogens with one attached hydrogen (secondary N) is 1. The van der Waals surface area contributed by atoms with Gasteiger partial charge in [-0.1, -0.05) is 30.8 Å². The minimum Gasteiger partial charge on any atom is -0.497 e. The van der Waals surface area contributed by atoms with Crippen molar-refractivity contribution in [2.45, 2.75) is 30.3 Å². The summed E-state index contributed by atoms with van der Waals surface area (Å²) in [5, 5.41) is 9.05. The van der Waals surface area contributed by atoms with E-state index in [9.17, 15) is 19.5 Å². The Morgan fingerprint density at radius 1 is 1.39 bits per heavy atom. The van der Waals surface area contributed by atoms with Crippen molar-refractivity contribution in [3.63, 3.8) is 0 Å². The minimum atomic E-state index is -0.963. The van der Waals surface area contributed by atoms with Gasteiger partial charge in [-0.2, -0.15) is 0 Å². The van der Waals surface area contributed by atoms with Gasteiger partial charge in [-0.05, 0) is 24.1 Å². The second-order valence-corrected chi connectivity index (χ2v) is 7.35. The van der Waals surface area contributed by atoms with Crippen molar-refractivity contribution in [2.75, 3.05) is 7.11 Å². The Hall–Kier alpha value is -3.01. The van der Waals surface area contributed by atoms with Crippen LogP contribution in [-0.2, 0) is 18.4 Å². The number of thioether (sulfide) groups is 1. The molecule has 0 amide bonds. The maximum Gasteiger partial charge on any atom is 0.329 e. The Balaban J connectivity index is 2.20. The highest BCUT2D eigenvalue weighted by Gasteiger charge is 2.24. The van der Waals surface area contributed by atoms with Crippen molar-refractivity contribution in [3.8, 4) is 5.75 Å². The second kappa shape index (κ2) is 7.93. The monoisotopic (exact) mass is 404 g/mol. The van der Waals surface area contributed by atoms with Gasteiger partial charge in [0.15, 0.2) is 16.3 Å². The molecule has 9 nitrogen and oxygen atoms in total. The van der Waals surface area contributed by atoms with Crippen molar-refractivity contribution in [1.29, 1.82) is 0 Å². The molecule has 0 fully saturated rings. The Kier molecular flexibility index (Phi) is 5.59. The summed E-state index contributed by atoms with van der Waals surface area (Å²) in [5.41, 5.74) is 0.123. The van der Waals surface area contributed by atoms with Crippen LogP contribution < -0.4 is 16.0 Å². The summed E-state index contributed by atoms with van der Waals surface area (Å²) in [6, 6.07) is 7.32. The topological polar surface area (TPSA) is 119 Å². The fraction of sp³-hybridized carbons (Fsp3) is 0.333. The van der Waals surface area contributed by atoms with Crippen molar-refractivity contribution in [2.24, 2.45) is 7.05 Å². The zero-order chi connectivity index (χ0) is 20.4. The number of fused-ring (bicyclic) bond motifs is 1. The summed E-state index contributed by atoms with van der Waals surface area (Å²) in [7, 11) is 3.07. The third-order valence-corrected chi connectivity index (χ3v) is 5.68. The van der Waals surface area contributed by atoms with E-state index >= 15 is 0 Å². The summed E-state index contributed by atoms with van der Waals surface area (Å²) >= 11 is 1.05. The van der Waals surface area contributed by atoms with Crippen molar-refractivity contribution in [3.05, 3.63) is 50.7 Å². The normalized spacial score (nSPS) is 12.2. The first kappa shape index (κ1) is 19.7. The molecule has 2 aromatic heterocycles. The lowest BCUT2D eigenvalue weighted by Crippen LogP contribution is -2.29. The molecule has 10 heteroatoms. The molecule has 1 unspecified atom stereocenters. The zero-order valence-electron chi connectivity index (χ0n) is 15.6. The number of methoxy groups -OCH3 is 1. The average molecular weight is 404 g/mol. The predicted octanol–water partition coefficient (Wildman–Crippen LogP) is 1.44. The molecule has 0 saturated heterocycles. The number of carboxylic acids is 1. The molecule has 0 aliphatic carbocycles. The van der Waals surface area contributed by atoms with Gasteiger partial charge in [-0.3, -0.25) is 19.1 Å². The molecular weight excluding hydrogens is 384 g/mol. The number of hydrogen-bond donors (Lipinski definition) is 2. The van der Waals surface area contributed by atoms with Gasteiger partial charge >= 0.3 is 11.7 Å². The smallest absolute Gasteiger partial charge is 0.329 e. The van der Waals surface area contributed by atoms with Crippen LogP contribution in [0.15, 0.2) is 39.0 Å². The molecule has 2 heterocycles. The molecule has 28 heavy (non-hydrogen) atoms. The van der Waals surface area contributed by atoms with Gasteiger partial charge in [-0.15, -0.1) is 0 Å². The van der Waals surface area contributed by atoms with E-state index in [1.165, 1.54) is 11.6 Å². The van der Waals surface area contributed by atoms with E-state index in [1.54, 1.807) is 24.7 Å². The molecule has 0 aliphatic rings. The number of aliphatic carboxylic acids is 1. The van der Waals surface area contributed by atoms with Crippen LogP contribution in [0.1, 0.15) is 18.9 Å². The fourth-order valence-corrected chi connectivity index (χ4v) is 3.78. The lowest BCUT2D eigenvalue weighted by Gasteiger charge is -2.12. The molecule has 0 radical (unpaired) electrons. The lowest BCUT2D eigenvalue weighted by molar-refractivity contribution is -0.136. The number of ether oxygens (including phenoxy) is 1. The summed E-state index contributed by atoms with van der Waals surface area (Å²) in [5.74, 6) is -0.301. The van der Waals surface area contributed by atoms with Crippen molar-refractivity contribution >= 4 is 28.9 Å². The minimum absolute atomic E-state index is 0.208. The molecule has 0 spiro atoms. The van der Waals surface area contributed by atoms with E-state index in [0.717, 1.165) is 17.3 Å². The molecule has 0 bridgehead atoms. The highest BCUT2D eigenvalue weighted by Crippen LogP contribution is 2.28. The van der Waals surface area contributed by atoms with Gasteiger partial charge in [-0.25, -0.2) is 9.78 Å². The van der Waals surface area contributed by atoms with E-state index < -0.39 is 22.5 Å². The van der Waals surface area contributed by atoms with E-state index in [0.29, 0.717) is 17.3 Å². The van der Waals surface area contributed by atoms with Crippen LogP contribution >= 0.6 is 11.8 Å². The van der Waals surface area contributed by atoms with Gasteiger partial charge in [0.2, 0.25) is 0 Å². The summed E-state index contributed by atoms with van der Waals surface area (Å²) in [4.78, 5) is 42.6. The van der Waals surface area contributed by atoms with E-state index in [2.05, 4.69) is 9.97 Å². The number of benzene rings is 1. The lowest BCUT2D eigenvalue weighted by atomic mass is 10.2. The quantitative estimate of drug-likeness (QED) is 0.572. The number of rotatable bonds is 7. The average Bonchev–Trinajstić information content (AvgIpc) is 3.02. The van der Waals surface area contributed by atoms with Crippen LogP contribution in [0.3, 0.4) is 0 Å². The van der Waals surface area contributed by atoms with Crippen LogP contribution in [0, 0.1) is 0 Å². The number of hydrogen-bond acceptors (Lipinski definition) is 6. The second-order valence-electron chi connectivity index (χ2n) is 6.18. The number of aromatic nitrogens is 4. The van der Waals surface area contributed by atoms with Crippen molar-refractivity contribution < 1.29 is 14.6 Å². The fourth-order valence-electron chi connectivity index (χ4n) is 2.84. The van der Waals surface area contributed by atoms with E-state index in [4.69, 9.17) is 4.74 Å². The zero-order valence-corrected chi connectivity index (χ0v) is 16.4. The SMILES string of the molecule is CCC(Sc1nc2c(c(=O)[nH]c(=O)n2C)n1Cc1cccc(OC)c1)C(=O)O. The predicted molar refractivity (Wildman–Crippen MR) is 105 cm³/mol. The first-order valence-corrected chi connectivity index (χ1v) is 9.45. The standard InChI is InChI=1S/C18H20N4O5S/c1-4-12(16(24)25)28-18-19-14-13(15(23)20-17(26)21(14)2)22(18)9-10-6-5-7-11(8-10)27-3/h5-8,12H,4,9H2,1-3H3,(H,24,25)(H,20,23,26). The first-order valence-electron chi connectivity index (χ1n) is 8.57. The molecule has 0 saturated carbocycles. The Morgan fingerprint density at radius 2 is 2.14 bits per heavy atom. The van der Waals surface area contributed by atoms with Gasteiger partial charge in [0, 0.05) is 7.05 Å². The molecular formula is C18H20N4O5S. The molecule has 3 aromatic rings. The van der Waals surface area contributed by atoms with Gasteiger partial charge < -0.3 is 14.4 Å². The highest BCUT2D eigenvalue weighted by atomic mass is 32.2. The number of carbonyl (C=O) groups is 1. The maximum absolute atomic E-state index is 12.5. The van der Waals surface area contributed by atoms with Gasteiger partial charge in [0.25, 0.3) is 5.56 Å². The van der Waals surface area contributed by atoms with E-state index in [-0.39, 0.29) is 17.7 Å². The Labute approximate surface area is 164 Å². The summed E-state index contributed by atoms with van der Waals surface area (Å²) < 4.78 is 8.12. The molecule has 3 rings (SSSR count). The maximum atomic E-state index is 12.5. The molecule has 1 atom stereocenters. The van der Waals surface area contributed by atoms with Gasteiger partial charge in [0.05, 0.1) is 13.7 Å². The molecule has 1 aromatic carbocycles. The molecule has 148 valence electrons. The Morgan fingerprint density at radius 3 is 2.79 bits per heavy atom. The number of nitrogens with zero attached hydrogens (tertiary/aromatic N) is 3. The highest BCUT2D eigenvalue weighted by molar-refractivity contribution is 8.00. The first-order chi connectivity index (χ1) is 13.3. The molecule has 0 aliphatic heterocycles. The number of imidazole rings is 1. The number of aryl methyl sites for hydroxylation is 1. The van der Waals surface area contributed by atoms with Crippen LogP contribution in [0.2, 0.25) is 0 Å². The number of carboxylic acid groups (broad SMARTS) is 1. The van der Waals surface area contributed by atoms with Crippen LogP contribution in [0.4, 0.5) is 0 Å². The van der Waals surface area contributed by atoms with Gasteiger partial charge in [0.1, 0.15) is 11.0 Å². The van der Waals surface area contributed by atoms with Crippen LogP contribution in [0.25, 0.3) is 11.2 Å². The molecule has 2 N–H and O–H groups in total. The Bertz CT molecular complexity index is 1150. The third kappa shape index (κ3) is 3.68. The third-order valence-electron chi connectivity index (χ3n) is 4.34. The number of aromatic amines is 1. The number of H-pyrrole nitrogens is 1. The van der Waals surface area contributed by atoms with Crippen LogP contribution in [-0.4, -0.2) is 42.5 Å². The van der Waals surface area contributed by atoms with E-state index in [1.807, 2.05) is 18.2 Å². The summed E-state index contributed by atoms with van der Waals surface area (Å²) in [6.07, 6.45) is 0.387. The van der Waals surface area contributed by atoms with Crippen molar-refractivity contribution in [1.82, 2.24) is 19.1 Å².